The number of hydrogen-bond acceptors (Lipinski definition) is 4. The second-order valence-electron chi connectivity index (χ2n) is 4.95. The number of halogens is 2. The summed E-state index contributed by atoms with van der Waals surface area (Å²) in [5.41, 5.74) is 1.02. The average Bonchev–Trinajstić information content (AvgIpc) is 2.74. The Morgan fingerprint density at radius 1 is 1.22 bits per heavy atom. The van der Waals surface area contributed by atoms with E-state index in [1.807, 2.05) is 30.3 Å². The van der Waals surface area contributed by atoms with Gasteiger partial charge in [-0.25, -0.2) is 4.42 Å². The van der Waals surface area contributed by atoms with Crippen LogP contribution in [0.25, 0.3) is 10.8 Å². The van der Waals surface area contributed by atoms with Crippen LogP contribution in [0.2, 0.25) is 0 Å². The van der Waals surface area contributed by atoms with E-state index >= 15 is 0 Å². The van der Waals surface area contributed by atoms with E-state index in [1.54, 1.807) is 4.42 Å². The molecule has 0 aromatic heterocycles. The Kier molecular flexibility index (Phi) is 5.03. The van der Waals surface area contributed by atoms with Crippen molar-refractivity contribution in [2.75, 3.05) is 6.54 Å². The Hall–Kier alpha value is -1.38. The predicted molar refractivity (Wildman–Crippen MR) is 87.9 cm³/mol. The fraction of sp³-hybridized carbons (Fsp3) is 0.125. The van der Waals surface area contributed by atoms with Gasteiger partial charge in [0.15, 0.2) is 5.82 Å². The molecule has 0 amide bonds. The molecule has 1 atom stereocenters. The summed E-state index contributed by atoms with van der Waals surface area (Å²) in [6.07, 6.45) is 1.67. The van der Waals surface area contributed by atoms with Crippen LogP contribution >= 0.6 is 21.3 Å². The first-order valence-electron chi connectivity index (χ1n) is 6.81. The zero-order valence-electron chi connectivity index (χ0n) is 11.9. The van der Waals surface area contributed by atoms with Crippen LogP contribution in [-0.4, -0.2) is 15.9 Å². The molecule has 0 bridgehead atoms. The van der Waals surface area contributed by atoms with Gasteiger partial charge < -0.3 is 4.90 Å². The third kappa shape index (κ3) is 2.68. The van der Waals surface area contributed by atoms with Gasteiger partial charge in [0.25, 0.3) is 0 Å². The molecule has 2 aromatic carbocycles. The number of fused-ring (bicyclic) bond motifs is 1. The Balaban J connectivity index is 0.000000753. The zero-order chi connectivity index (χ0) is 16.4. The van der Waals surface area contributed by atoms with E-state index in [4.69, 9.17) is 11.8 Å². The molecule has 2 aliphatic heterocycles. The van der Waals surface area contributed by atoms with Gasteiger partial charge in [-0.1, -0.05) is 24.3 Å². The third-order valence-electron chi connectivity index (χ3n) is 3.76. The van der Waals surface area contributed by atoms with Crippen molar-refractivity contribution < 1.29 is 18.2 Å². The zero-order valence-corrected chi connectivity index (χ0v) is 15.0. The Morgan fingerprint density at radius 2 is 1.96 bits per heavy atom. The molecule has 2 aliphatic rings. The summed E-state index contributed by atoms with van der Waals surface area (Å²) < 4.78 is 1.63. The average molecular weight is 438 g/mol. The molecule has 4 nitrogen and oxygen atoms in total. The summed E-state index contributed by atoms with van der Waals surface area (Å²) in [4.78, 5) is 2.08. The van der Waals surface area contributed by atoms with Crippen LogP contribution in [0.4, 0.5) is 0 Å². The molecule has 0 fully saturated rings. The van der Waals surface area contributed by atoms with Crippen molar-refractivity contribution in [2.45, 2.75) is 6.17 Å². The molecule has 0 spiro atoms. The van der Waals surface area contributed by atoms with E-state index in [0.717, 1.165) is 22.2 Å². The van der Waals surface area contributed by atoms with E-state index in [0.29, 0.717) is 12.4 Å². The number of nitrogens with zero attached hydrogens (tertiary/aromatic N) is 4. The normalized spacial score (nSPS) is 18.5. The van der Waals surface area contributed by atoms with Gasteiger partial charge in [-0.3, -0.25) is 0 Å². The van der Waals surface area contributed by atoms with Gasteiger partial charge in [0.1, 0.15) is 6.17 Å². The molecule has 0 aliphatic carbocycles. The molecule has 23 heavy (non-hydrogen) atoms. The van der Waals surface area contributed by atoms with Crippen molar-refractivity contribution in [3.05, 3.63) is 72.3 Å². The topological polar surface area (TPSA) is 31.2 Å². The van der Waals surface area contributed by atoms with Crippen LogP contribution in [0, 0.1) is 6.07 Å². The number of rotatable bonds is 3. The van der Waals surface area contributed by atoms with E-state index in [2.05, 4.69) is 67.6 Å². The maximum absolute atomic E-state index is 6.47. The number of benzene rings is 2. The van der Waals surface area contributed by atoms with Crippen molar-refractivity contribution in [3.63, 3.8) is 0 Å². The van der Waals surface area contributed by atoms with Gasteiger partial charge >= 0.3 is 27.7 Å². The van der Waals surface area contributed by atoms with Crippen LogP contribution in [0.5, 0.6) is 0 Å². The molecular formula is C16H12Cl2N4Pd. The molecule has 2 heterocycles. The summed E-state index contributed by atoms with van der Waals surface area (Å²) in [6, 6.07) is 15.5. The first kappa shape index (κ1) is 16.5. The molecule has 4 rings (SSSR count). The second-order valence-corrected chi connectivity index (χ2v) is 5.32. The molecule has 1 unspecified atom stereocenters. The van der Waals surface area contributed by atoms with Crippen LogP contribution in [0.3, 0.4) is 0 Å². The Bertz CT molecular complexity index is 800. The minimum atomic E-state index is -0.171. The molecule has 0 saturated carbocycles. The quantitative estimate of drug-likeness (QED) is 0.297. The van der Waals surface area contributed by atoms with Crippen LogP contribution < -0.4 is 0 Å². The van der Waals surface area contributed by atoms with Crippen molar-refractivity contribution in [2.24, 2.45) is 10.2 Å². The molecule has 0 saturated heterocycles. The van der Waals surface area contributed by atoms with Crippen molar-refractivity contribution in [3.8, 4) is 0 Å². The minimum absolute atomic E-state index is 0.171. The molecule has 0 N–H and O–H groups in total. The summed E-state index contributed by atoms with van der Waals surface area (Å²) in [5.74, 6) is 1.53. The van der Waals surface area contributed by atoms with Gasteiger partial charge in [-0.15, -0.1) is 39.2 Å². The SMILES string of the molecule is C=CCN1C2=C(N=N2)N(Cl)C1c1[c-]ccc2ccccc12.[Cl][Pd+]. The summed E-state index contributed by atoms with van der Waals surface area (Å²) >= 11 is 8.69. The second kappa shape index (κ2) is 7.02. The molecule has 7 heteroatoms. The van der Waals surface area contributed by atoms with E-state index in [9.17, 15) is 0 Å². The van der Waals surface area contributed by atoms with Crippen LogP contribution in [0.15, 0.2) is 70.9 Å². The van der Waals surface area contributed by atoms with E-state index in [-0.39, 0.29) is 6.17 Å². The van der Waals surface area contributed by atoms with Gasteiger partial charge in [0.2, 0.25) is 5.82 Å². The Labute approximate surface area is 154 Å². The standard InChI is InChI=1S/C16H12ClN4.ClH.Pd/c1-2-10-20-14-15(19-18-14)21(17)16(20)13-9-5-7-11-6-3-4-8-12(11)13;;/h2-8,16H,1,10H2;1H;/q-1;;+2/p-1. The van der Waals surface area contributed by atoms with Gasteiger partial charge in [0.05, 0.1) is 0 Å². The maximum atomic E-state index is 6.47. The van der Waals surface area contributed by atoms with Crippen molar-refractivity contribution >= 4 is 32.1 Å². The van der Waals surface area contributed by atoms with E-state index in [1.165, 1.54) is 0 Å². The third-order valence-corrected chi connectivity index (χ3v) is 4.11. The first-order chi connectivity index (χ1) is 11.3. The fourth-order valence-electron chi connectivity index (χ4n) is 2.81. The molecule has 0 radical (unpaired) electrons. The monoisotopic (exact) mass is 436 g/mol. The molecular weight excluding hydrogens is 426 g/mol. The number of azo groups is 1. The molecule has 2 aromatic rings. The summed E-state index contributed by atoms with van der Waals surface area (Å²) in [6.45, 7) is 4.47. The number of hydrogen-bond donors (Lipinski definition) is 0. The summed E-state index contributed by atoms with van der Waals surface area (Å²) in [5, 5.41) is 10.4. The van der Waals surface area contributed by atoms with E-state index < -0.39 is 0 Å². The van der Waals surface area contributed by atoms with Crippen LogP contribution in [0.1, 0.15) is 11.7 Å². The predicted octanol–water partition coefficient (Wildman–Crippen LogP) is 4.88. The van der Waals surface area contributed by atoms with Gasteiger partial charge in [-0.2, -0.15) is 18.2 Å². The van der Waals surface area contributed by atoms with Crippen molar-refractivity contribution in [1.29, 1.82) is 0 Å². The van der Waals surface area contributed by atoms with Crippen LogP contribution in [-0.2, 0) is 18.2 Å². The van der Waals surface area contributed by atoms with Gasteiger partial charge in [-0.05, 0) is 0 Å². The summed E-state index contributed by atoms with van der Waals surface area (Å²) in [7, 11) is 4.49. The molecule has 120 valence electrons. The fourth-order valence-corrected chi connectivity index (χ4v) is 3.12. The van der Waals surface area contributed by atoms with Crippen molar-refractivity contribution in [1.82, 2.24) is 9.32 Å². The Morgan fingerprint density at radius 3 is 2.65 bits per heavy atom. The van der Waals surface area contributed by atoms with Gasteiger partial charge in [0, 0.05) is 18.3 Å². The first-order valence-corrected chi connectivity index (χ1v) is 9.15.